The van der Waals surface area contributed by atoms with Gasteiger partial charge in [0.1, 0.15) is 23.0 Å². The largest absolute Gasteiger partial charge is 0.457 e. The Morgan fingerprint density at radius 3 is 1.01 bits per heavy atom. The summed E-state index contributed by atoms with van der Waals surface area (Å²) < 4.78 is 14.2. The topological polar surface area (TPSA) is 70.0 Å². The van der Waals surface area contributed by atoms with Crippen molar-refractivity contribution in [2.24, 2.45) is 0 Å². The van der Waals surface area contributed by atoms with Crippen molar-refractivity contribution < 1.29 is 9.47 Å². The lowest BCUT2D eigenvalue weighted by atomic mass is 9.65. The molecule has 2 spiro atoms. The number of hydrogen-bond donors (Lipinski definition) is 0. The molecule has 6 heteroatoms. The Morgan fingerprint density at radius 2 is 0.464 bits per heavy atom. The first kappa shape index (κ1) is 64.5. The van der Waals surface area contributed by atoms with Gasteiger partial charge in [-0.1, -0.05) is 346 Å². The monoisotopic (exact) mass is 1430 g/mol. The zero-order valence-corrected chi connectivity index (χ0v) is 60.7. The second-order valence-electron chi connectivity index (χ2n) is 29.4. The van der Waals surface area contributed by atoms with Crippen molar-refractivity contribution in [1.82, 2.24) is 19.9 Å². The molecule has 0 atom stereocenters. The van der Waals surface area contributed by atoms with E-state index >= 15 is 0 Å². The van der Waals surface area contributed by atoms with Gasteiger partial charge in [0.05, 0.1) is 33.6 Å². The van der Waals surface area contributed by atoms with E-state index in [1.165, 1.54) is 44.5 Å². The van der Waals surface area contributed by atoms with E-state index in [0.717, 1.165) is 157 Å². The maximum atomic E-state index is 7.34. The molecule has 2 aromatic heterocycles. The highest BCUT2D eigenvalue weighted by atomic mass is 16.5. The minimum absolute atomic E-state index is 0.556. The third-order valence-corrected chi connectivity index (χ3v) is 23.3. The van der Waals surface area contributed by atoms with Crippen LogP contribution < -0.4 is 9.47 Å². The second kappa shape index (κ2) is 26.0. The number of fused-ring (bicyclic) bond motifs is 18. The van der Waals surface area contributed by atoms with Crippen LogP contribution in [0.5, 0.6) is 23.0 Å². The average molecular weight is 1430 g/mol. The van der Waals surface area contributed by atoms with E-state index in [9.17, 15) is 0 Å². The first-order chi connectivity index (χ1) is 55.5. The molecule has 0 bridgehead atoms. The highest BCUT2D eigenvalue weighted by molar-refractivity contribution is 5.94. The summed E-state index contributed by atoms with van der Waals surface area (Å²) in [5, 5.41) is 0. The van der Waals surface area contributed by atoms with Crippen LogP contribution in [0, 0.1) is 0 Å². The van der Waals surface area contributed by atoms with Crippen LogP contribution in [0.3, 0.4) is 0 Å². The zero-order chi connectivity index (χ0) is 73.9. The molecule has 112 heavy (non-hydrogen) atoms. The van der Waals surface area contributed by atoms with Gasteiger partial charge in [0.15, 0.2) is 11.6 Å². The molecular weight excluding hydrogens is 1360 g/mol. The molecule has 22 rings (SSSR count). The molecule has 6 nitrogen and oxygen atoms in total. The molecule has 16 aromatic carbocycles. The first-order valence-electron chi connectivity index (χ1n) is 38.2. The van der Waals surface area contributed by atoms with E-state index < -0.39 is 10.8 Å². The first-order valence-corrected chi connectivity index (χ1v) is 38.2. The minimum atomic E-state index is -0.718. The van der Waals surface area contributed by atoms with Crippen LogP contribution in [0.25, 0.3) is 146 Å². The maximum absolute atomic E-state index is 7.34. The summed E-state index contributed by atoms with van der Waals surface area (Å²) in [6.45, 7) is 0. The van der Waals surface area contributed by atoms with Crippen molar-refractivity contribution in [2.75, 3.05) is 0 Å². The van der Waals surface area contributed by atoms with Crippen LogP contribution in [-0.2, 0) is 10.8 Å². The van der Waals surface area contributed by atoms with E-state index in [2.05, 4.69) is 370 Å². The van der Waals surface area contributed by atoms with Crippen LogP contribution >= 0.6 is 0 Å². The quantitative estimate of drug-likeness (QED) is 0.129. The Bertz CT molecular complexity index is 6660. The van der Waals surface area contributed by atoms with Gasteiger partial charge >= 0.3 is 0 Å². The Kier molecular flexibility index (Phi) is 15.0. The van der Waals surface area contributed by atoms with Gasteiger partial charge in [-0.2, -0.15) is 0 Å². The molecular formula is C106H66N4O2. The number of ether oxygens (including phenoxy) is 2. The molecule has 2 aliphatic heterocycles. The smallest absolute Gasteiger partial charge is 0.160 e. The van der Waals surface area contributed by atoms with E-state index in [1.807, 2.05) is 30.3 Å². The summed E-state index contributed by atoms with van der Waals surface area (Å²) in [7, 11) is 0. The van der Waals surface area contributed by atoms with Gasteiger partial charge in [-0.15, -0.1) is 0 Å². The number of nitrogens with zero attached hydrogens (tertiary/aromatic N) is 4. The molecule has 0 radical (unpaired) electrons. The molecule has 0 amide bonds. The molecule has 0 saturated carbocycles. The molecule has 522 valence electrons. The summed E-state index contributed by atoms with van der Waals surface area (Å²) in [5.41, 5.74) is 33.3. The molecule has 0 fully saturated rings. The molecule has 0 unspecified atom stereocenters. The third-order valence-electron chi connectivity index (χ3n) is 23.3. The fourth-order valence-corrected chi connectivity index (χ4v) is 18.3. The summed E-state index contributed by atoms with van der Waals surface area (Å²) in [6, 6.07) is 144. The Labute approximate surface area is 649 Å². The number of hydrogen-bond acceptors (Lipinski definition) is 6. The van der Waals surface area contributed by atoms with Crippen molar-refractivity contribution in [3.8, 4) is 169 Å². The maximum Gasteiger partial charge on any atom is 0.160 e. The van der Waals surface area contributed by atoms with Gasteiger partial charge < -0.3 is 9.47 Å². The van der Waals surface area contributed by atoms with E-state index in [0.29, 0.717) is 11.6 Å². The lowest BCUT2D eigenvalue weighted by molar-refractivity contribution is 0.436. The van der Waals surface area contributed by atoms with E-state index in [1.54, 1.807) is 0 Å². The Morgan fingerprint density at radius 1 is 0.152 bits per heavy atom. The molecule has 4 heterocycles. The van der Waals surface area contributed by atoms with Gasteiger partial charge in [-0.05, 0) is 155 Å². The third kappa shape index (κ3) is 10.3. The standard InChI is InChI=1S/C106H66N4O2/c1-4-25-70(26-5-1)95-65-96(108-103(107-95)73-29-8-3-9-30-73)72-53-51-68(52-54-72)79-33-10-11-35-81(79)77-57-60-101-94(63-77)106(89-43-20-16-38-84(89)85-39-17-21-44-90(85)106)92-58-55-76(64-102(92)112-101)74-31-24-32-78(61-74)104-109-97(71-27-6-2-7-28-71)66-98(110-104)86-40-13-12-34-80(86)69-49-47-67(48-50-69)75-56-59-100-93(62-75)105(91-45-22-23-46-99(91)111-100)87-41-18-14-36-82(87)83-37-15-19-42-88(83)105/h1-66H. The Balaban J connectivity index is 0.605. The predicted octanol–water partition coefficient (Wildman–Crippen LogP) is 26.5. The number of benzene rings is 16. The van der Waals surface area contributed by atoms with E-state index in [4.69, 9.17) is 29.4 Å². The van der Waals surface area contributed by atoms with Gasteiger partial charge in [0.2, 0.25) is 0 Å². The molecule has 0 N–H and O–H groups in total. The summed E-state index contributed by atoms with van der Waals surface area (Å²) >= 11 is 0. The highest BCUT2D eigenvalue weighted by Gasteiger charge is 2.53. The van der Waals surface area contributed by atoms with Crippen molar-refractivity contribution >= 4 is 0 Å². The summed E-state index contributed by atoms with van der Waals surface area (Å²) in [4.78, 5) is 21.2. The highest BCUT2D eigenvalue weighted by Crippen LogP contribution is 2.65. The SMILES string of the molecule is c1ccc(-c2cc(-c3ccc(-c4ccccc4-c4ccc5c(c4)C4(c6ccc(-c7cccc(-c8nc(-c9ccccc9)cc(-c9ccccc9-c9ccc(-c%10ccc%11c(c%10)C%10(c%12ccccc%12O%11)c%11ccccc%11-c%11ccccc%11%10)cc9)n8)c7)cc6O5)c5ccccc5-c5ccccc54)cc3)nc(-c3ccccc3)n2)cc1. The van der Waals surface area contributed by atoms with Crippen LogP contribution in [0.2, 0.25) is 0 Å². The second-order valence-corrected chi connectivity index (χ2v) is 29.4. The van der Waals surface area contributed by atoms with E-state index in [-0.39, 0.29) is 0 Å². The lowest BCUT2D eigenvalue weighted by Gasteiger charge is -2.40. The van der Waals surface area contributed by atoms with Crippen LogP contribution in [0.1, 0.15) is 44.5 Å². The fourth-order valence-electron chi connectivity index (χ4n) is 18.3. The molecule has 18 aromatic rings. The molecule has 4 aliphatic rings. The molecule has 2 aliphatic carbocycles. The minimum Gasteiger partial charge on any atom is -0.457 e. The van der Waals surface area contributed by atoms with Gasteiger partial charge in [0, 0.05) is 55.6 Å². The van der Waals surface area contributed by atoms with Gasteiger partial charge in [-0.3, -0.25) is 0 Å². The normalized spacial score (nSPS) is 13.1. The van der Waals surface area contributed by atoms with Gasteiger partial charge in [-0.25, -0.2) is 19.9 Å². The van der Waals surface area contributed by atoms with Crippen molar-refractivity contribution in [3.63, 3.8) is 0 Å². The van der Waals surface area contributed by atoms with Crippen molar-refractivity contribution in [2.45, 2.75) is 10.8 Å². The lowest BCUT2D eigenvalue weighted by Crippen LogP contribution is -2.32. The Hall–Kier alpha value is -14.7. The van der Waals surface area contributed by atoms with Crippen LogP contribution in [0.4, 0.5) is 0 Å². The number of para-hydroxylation sites is 1. The number of aromatic nitrogens is 4. The van der Waals surface area contributed by atoms with Crippen LogP contribution in [-0.4, -0.2) is 19.9 Å². The zero-order valence-electron chi connectivity index (χ0n) is 60.7. The van der Waals surface area contributed by atoms with Crippen molar-refractivity contribution in [1.29, 1.82) is 0 Å². The van der Waals surface area contributed by atoms with Crippen molar-refractivity contribution in [3.05, 3.63) is 445 Å². The van der Waals surface area contributed by atoms with Gasteiger partial charge in [0.25, 0.3) is 0 Å². The predicted molar refractivity (Wildman–Crippen MR) is 452 cm³/mol. The van der Waals surface area contributed by atoms with Crippen LogP contribution in [0.15, 0.2) is 400 Å². The summed E-state index contributed by atoms with van der Waals surface area (Å²) in [6.07, 6.45) is 0. The average Bonchev–Trinajstić information content (AvgIpc) is 1.51. The molecule has 0 saturated heterocycles. The fraction of sp³-hybridized carbons (Fsp3) is 0.0189. The summed E-state index contributed by atoms with van der Waals surface area (Å²) in [5.74, 6) is 4.68. The number of rotatable bonds is 11.